The van der Waals surface area contributed by atoms with Gasteiger partial charge in [0.05, 0.1) is 0 Å². The van der Waals surface area contributed by atoms with E-state index in [0.29, 0.717) is 10.8 Å². The first kappa shape index (κ1) is 14.1. The Balaban J connectivity index is 1.80. The second-order valence-electron chi connectivity index (χ2n) is 7.90. The third-order valence-corrected chi connectivity index (χ3v) is 5.74. The van der Waals surface area contributed by atoms with E-state index < -0.39 is 0 Å². The van der Waals surface area contributed by atoms with Crippen LogP contribution in [0.2, 0.25) is 0 Å². The molecule has 1 aliphatic heterocycles. The summed E-state index contributed by atoms with van der Waals surface area (Å²) in [6.07, 6.45) is 8.37. The summed E-state index contributed by atoms with van der Waals surface area (Å²) in [6.45, 7) is 7.40. The highest BCUT2D eigenvalue weighted by Crippen LogP contribution is 2.53. The van der Waals surface area contributed by atoms with Crippen molar-refractivity contribution in [1.82, 2.24) is 5.32 Å². The fourth-order valence-corrected chi connectivity index (χ4v) is 4.83. The van der Waals surface area contributed by atoms with Gasteiger partial charge in [-0.1, -0.05) is 50.6 Å². The molecule has 1 nitrogen and oxygen atoms in total. The summed E-state index contributed by atoms with van der Waals surface area (Å²) in [4.78, 5) is 0. The largest absolute Gasteiger partial charge is 0.316 e. The van der Waals surface area contributed by atoms with Gasteiger partial charge in [0, 0.05) is 0 Å². The van der Waals surface area contributed by atoms with Gasteiger partial charge in [0.1, 0.15) is 0 Å². The Bertz CT molecular complexity index is 432. The minimum Gasteiger partial charge on any atom is -0.316 e. The highest BCUT2D eigenvalue weighted by Gasteiger charge is 2.45. The molecule has 1 N–H and O–H groups in total. The van der Waals surface area contributed by atoms with Crippen LogP contribution >= 0.6 is 0 Å². The summed E-state index contributed by atoms with van der Waals surface area (Å²) in [6, 6.07) is 11.1. The summed E-state index contributed by atoms with van der Waals surface area (Å²) in [5, 5.41) is 3.65. The minimum atomic E-state index is 0.546. The van der Waals surface area contributed by atoms with Gasteiger partial charge in [-0.2, -0.15) is 0 Å². The first-order valence-electron chi connectivity index (χ1n) is 8.34. The molecule has 1 aromatic rings. The molecule has 0 aromatic heterocycles. The van der Waals surface area contributed by atoms with Crippen molar-refractivity contribution in [1.29, 1.82) is 0 Å². The normalized spacial score (nSPS) is 33.2. The average molecular weight is 271 g/mol. The Labute approximate surface area is 124 Å². The Kier molecular flexibility index (Phi) is 3.90. The standard InChI is InChI=1S/C19H29N/c1-18(2)9-6-10-19(15-18)11-12-20-14-17(19)13-16-7-4-3-5-8-16/h3-5,7-8,17,20H,6,9-15H2,1-2H3. The van der Waals surface area contributed by atoms with Crippen molar-refractivity contribution in [3.8, 4) is 0 Å². The molecule has 20 heavy (non-hydrogen) atoms. The number of piperidine rings is 1. The zero-order valence-electron chi connectivity index (χ0n) is 13.1. The summed E-state index contributed by atoms with van der Waals surface area (Å²) in [5.74, 6) is 0.818. The lowest BCUT2D eigenvalue weighted by Crippen LogP contribution is -2.49. The van der Waals surface area contributed by atoms with Gasteiger partial charge in [0.2, 0.25) is 0 Å². The van der Waals surface area contributed by atoms with E-state index in [-0.39, 0.29) is 0 Å². The van der Waals surface area contributed by atoms with Crippen molar-refractivity contribution < 1.29 is 0 Å². The van der Waals surface area contributed by atoms with E-state index >= 15 is 0 Å². The van der Waals surface area contributed by atoms with Crippen molar-refractivity contribution in [2.75, 3.05) is 13.1 Å². The second kappa shape index (κ2) is 5.52. The van der Waals surface area contributed by atoms with E-state index in [1.165, 1.54) is 57.2 Å². The fourth-order valence-electron chi connectivity index (χ4n) is 4.83. The molecule has 2 unspecified atom stereocenters. The highest BCUT2D eigenvalue weighted by molar-refractivity contribution is 5.16. The summed E-state index contributed by atoms with van der Waals surface area (Å²) in [5.41, 5.74) is 2.66. The molecule has 2 atom stereocenters. The molecule has 1 spiro atoms. The van der Waals surface area contributed by atoms with E-state index in [0.717, 1.165) is 5.92 Å². The van der Waals surface area contributed by atoms with Gasteiger partial charge in [0.15, 0.2) is 0 Å². The van der Waals surface area contributed by atoms with Crippen LogP contribution in [0, 0.1) is 16.7 Å². The molecule has 1 saturated heterocycles. The van der Waals surface area contributed by atoms with Gasteiger partial charge in [-0.25, -0.2) is 0 Å². The number of rotatable bonds is 2. The SMILES string of the molecule is CC1(C)CCCC2(CCNCC2Cc2ccccc2)C1. The number of benzene rings is 1. The van der Waals surface area contributed by atoms with Crippen molar-refractivity contribution >= 4 is 0 Å². The molecule has 1 heterocycles. The minimum absolute atomic E-state index is 0.546. The first-order chi connectivity index (χ1) is 9.60. The quantitative estimate of drug-likeness (QED) is 0.839. The molecule has 2 aliphatic rings. The molecule has 0 radical (unpaired) electrons. The maximum atomic E-state index is 3.65. The van der Waals surface area contributed by atoms with Crippen LogP contribution in [0.3, 0.4) is 0 Å². The maximum Gasteiger partial charge on any atom is -0.00120 e. The fraction of sp³-hybridized carbons (Fsp3) is 0.684. The monoisotopic (exact) mass is 271 g/mol. The summed E-state index contributed by atoms with van der Waals surface area (Å²) >= 11 is 0. The smallest absolute Gasteiger partial charge is 0.00120 e. The third kappa shape index (κ3) is 2.93. The predicted molar refractivity (Wildman–Crippen MR) is 85.8 cm³/mol. The Morgan fingerprint density at radius 3 is 2.65 bits per heavy atom. The lowest BCUT2D eigenvalue weighted by atomic mass is 9.55. The zero-order valence-corrected chi connectivity index (χ0v) is 13.1. The summed E-state index contributed by atoms with van der Waals surface area (Å²) in [7, 11) is 0. The second-order valence-corrected chi connectivity index (χ2v) is 7.90. The Morgan fingerprint density at radius 2 is 1.90 bits per heavy atom. The molecule has 0 amide bonds. The molecule has 0 bridgehead atoms. The van der Waals surface area contributed by atoms with Gasteiger partial charge >= 0.3 is 0 Å². The molecule has 1 saturated carbocycles. The van der Waals surface area contributed by atoms with Crippen molar-refractivity contribution in [2.24, 2.45) is 16.7 Å². The Hall–Kier alpha value is -0.820. The number of hydrogen-bond donors (Lipinski definition) is 1. The van der Waals surface area contributed by atoms with Crippen LogP contribution in [0.5, 0.6) is 0 Å². The number of nitrogens with one attached hydrogen (secondary N) is 1. The van der Waals surface area contributed by atoms with Crippen molar-refractivity contribution in [3.05, 3.63) is 35.9 Å². The Morgan fingerprint density at radius 1 is 1.10 bits per heavy atom. The molecule has 2 fully saturated rings. The van der Waals surface area contributed by atoms with Crippen LogP contribution in [0.4, 0.5) is 0 Å². The van der Waals surface area contributed by atoms with Gasteiger partial charge in [-0.15, -0.1) is 0 Å². The highest BCUT2D eigenvalue weighted by atomic mass is 14.9. The van der Waals surface area contributed by atoms with Crippen LogP contribution in [-0.2, 0) is 6.42 Å². The zero-order chi connectivity index (χ0) is 14.1. The van der Waals surface area contributed by atoms with Gasteiger partial charge < -0.3 is 5.32 Å². The van der Waals surface area contributed by atoms with E-state index in [4.69, 9.17) is 0 Å². The molecule has 1 aliphatic carbocycles. The van der Waals surface area contributed by atoms with Crippen LogP contribution in [0.25, 0.3) is 0 Å². The first-order valence-corrected chi connectivity index (χ1v) is 8.34. The van der Waals surface area contributed by atoms with Gasteiger partial charge in [0.25, 0.3) is 0 Å². The van der Waals surface area contributed by atoms with E-state index in [1.807, 2.05) is 0 Å². The maximum absolute atomic E-state index is 3.65. The van der Waals surface area contributed by atoms with E-state index in [2.05, 4.69) is 49.5 Å². The molecule has 1 aromatic carbocycles. The van der Waals surface area contributed by atoms with Gasteiger partial charge in [-0.05, 0) is 67.5 Å². The van der Waals surface area contributed by atoms with Crippen LogP contribution < -0.4 is 5.32 Å². The number of hydrogen-bond acceptors (Lipinski definition) is 1. The van der Waals surface area contributed by atoms with E-state index in [9.17, 15) is 0 Å². The molecule has 3 rings (SSSR count). The molecular weight excluding hydrogens is 242 g/mol. The van der Waals surface area contributed by atoms with Crippen LogP contribution in [0.1, 0.15) is 51.5 Å². The average Bonchev–Trinajstić information content (AvgIpc) is 2.42. The molecule has 110 valence electrons. The summed E-state index contributed by atoms with van der Waals surface area (Å²) < 4.78 is 0. The van der Waals surface area contributed by atoms with Crippen molar-refractivity contribution in [2.45, 2.75) is 52.4 Å². The molecular formula is C19H29N. The lowest BCUT2D eigenvalue weighted by Gasteiger charge is -2.52. The topological polar surface area (TPSA) is 12.0 Å². The lowest BCUT2D eigenvalue weighted by molar-refractivity contribution is 0.00227. The van der Waals surface area contributed by atoms with Gasteiger partial charge in [-0.3, -0.25) is 0 Å². The predicted octanol–water partition coefficient (Wildman–Crippen LogP) is 4.43. The van der Waals surface area contributed by atoms with Crippen LogP contribution in [0.15, 0.2) is 30.3 Å². The van der Waals surface area contributed by atoms with Crippen molar-refractivity contribution in [3.63, 3.8) is 0 Å². The molecule has 1 heteroatoms. The third-order valence-electron chi connectivity index (χ3n) is 5.74. The van der Waals surface area contributed by atoms with E-state index in [1.54, 1.807) is 0 Å². The van der Waals surface area contributed by atoms with Crippen LogP contribution in [-0.4, -0.2) is 13.1 Å².